The molecule has 0 aliphatic rings. The van der Waals surface area contributed by atoms with E-state index in [1.807, 2.05) is 25.7 Å². The Labute approximate surface area is 106 Å². The molecule has 0 saturated heterocycles. The zero-order valence-corrected chi connectivity index (χ0v) is 12.4. The molecule has 3 nitrogen and oxygen atoms in total. The average molecular weight is 241 g/mol. The third-order valence-electron chi connectivity index (χ3n) is 2.60. The minimum Gasteiger partial charge on any atom is -0.337 e. The van der Waals surface area contributed by atoms with E-state index < -0.39 is 0 Å². The Balaban J connectivity index is 4.67. The molecule has 0 aliphatic carbocycles. The largest absolute Gasteiger partial charge is 0.337 e. The van der Waals surface area contributed by atoms with Crippen LogP contribution in [0.15, 0.2) is 0 Å². The summed E-state index contributed by atoms with van der Waals surface area (Å²) >= 11 is 0. The SMILES string of the molecule is CC(=O)CC(=O)N(CCC(C)(C)C)C(C)(C)C. The van der Waals surface area contributed by atoms with Gasteiger partial charge in [-0.15, -0.1) is 0 Å². The van der Waals surface area contributed by atoms with Crippen LogP contribution in [0.5, 0.6) is 0 Å². The van der Waals surface area contributed by atoms with Crippen LogP contribution in [0.25, 0.3) is 0 Å². The van der Waals surface area contributed by atoms with E-state index in [2.05, 4.69) is 20.8 Å². The van der Waals surface area contributed by atoms with Gasteiger partial charge in [-0.1, -0.05) is 20.8 Å². The summed E-state index contributed by atoms with van der Waals surface area (Å²) in [6.45, 7) is 14.7. The van der Waals surface area contributed by atoms with Gasteiger partial charge in [-0.3, -0.25) is 9.59 Å². The highest BCUT2D eigenvalue weighted by Crippen LogP contribution is 2.23. The lowest BCUT2D eigenvalue weighted by Gasteiger charge is -2.37. The lowest BCUT2D eigenvalue weighted by Crippen LogP contribution is -2.47. The summed E-state index contributed by atoms with van der Waals surface area (Å²) in [4.78, 5) is 24.9. The molecular weight excluding hydrogens is 214 g/mol. The summed E-state index contributed by atoms with van der Waals surface area (Å²) < 4.78 is 0. The van der Waals surface area contributed by atoms with Crippen molar-refractivity contribution >= 4 is 11.7 Å². The maximum atomic E-state index is 12.0. The van der Waals surface area contributed by atoms with Crippen molar-refractivity contribution in [1.82, 2.24) is 4.90 Å². The number of amides is 1. The van der Waals surface area contributed by atoms with Crippen LogP contribution in [0.2, 0.25) is 0 Å². The fourth-order valence-corrected chi connectivity index (χ4v) is 1.59. The van der Waals surface area contributed by atoms with Crippen LogP contribution in [0.3, 0.4) is 0 Å². The maximum absolute atomic E-state index is 12.0. The molecule has 17 heavy (non-hydrogen) atoms. The van der Waals surface area contributed by atoms with Crippen molar-refractivity contribution in [2.45, 2.75) is 66.8 Å². The van der Waals surface area contributed by atoms with Crippen molar-refractivity contribution in [3.8, 4) is 0 Å². The third-order valence-corrected chi connectivity index (χ3v) is 2.60. The Kier molecular flexibility index (Phi) is 5.37. The number of carbonyl (C=O) groups is 2. The van der Waals surface area contributed by atoms with Gasteiger partial charge in [0.15, 0.2) is 0 Å². The first-order valence-electron chi connectivity index (χ1n) is 6.23. The molecule has 100 valence electrons. The smallest absolute Gasteiger partial charge is 0.230 e. The average Bonchev–Trinajstić information content (AvgIpc) is 1.96. The third kappa shape index (κ3) is 7.14. The summed E-state index contributed by atoms with van der Waals surface area (Å²) in [6, 6.07) is 0. The van der Waals surface area contributed by atoms with Gasteiger partial charge in [0.1, 0.15) is 5.78 Å². The molecule has 0 radical (unpaired) electrons. The van der Waals surface area contributed by atoms with Gasteiger partial charge in [0.2, 0.25) is 5.91 Å². The summed E-state index contributed by atoms with van der Waals surface area (Å²) in [5.74, 6) is -0.130. The molecule has 3 heteroatoms. The molecule has 0 bridgehead atoms. The lowest BCUT2D eigenvalue weighted by molar-refractivity contribution is -0.139. The number of rotatable bonds is 4. The molecule has 0 unspecified atom stereocenters. The van der Waals surface area contributed by atoms with Gasteiger partial charge in [-0.2, -0.15) is 0 Å². The second-order valence-corrected chi connectivity index (χ2v) is 6.91. The van der Waals surface area contributed by atoms with Crippen LogP contribution in [0.1, 0.15) is 61.3 Å². The first kappa shape index (κ1) is 16.1. The zero-order chi connectivity index (χ0) is 13.9. The Bertz CT molecular complexity index is 282. The molecule has 0 spiro atoms. The normalized spacial score (nSPS) is 12.4. The van der Waals surface area contributed by atoms with Gasteiger partial charge in [-0.05, 0) is 39.5 Å². The summed E-state index contributed by atoms with van der Waals surface area (Å²) in [5, 5.41) is 0. The van der Waals surface area contributed by atoms with Crippen LogP contribution in [-0.2, 0) is 9.59 Å². The summed E-state index contributed by atoms with van der Waals surface area (Å²) in [7, 11) is 0. The van der Waals surface area contributed by atoms with Gasteiger partial charge < -0.3 is 4.90 Å². The molecular formula is C14H27NO2. The van der Waals surface area contributed by atoms with E-state index in [1.54, 1.807) is 0 Å². The minimum atomic E-state index is -0.224. The van der Waals surface area contributed by atoms with Crippen LogP contribution in [-0.4, -0.2) is 28.7 Å². The van der Waals surface area contributed by atoms with Gasteiger partial charge in [0.05, 0.1) is 6.42 Å². The number of ketones is 1. The molecule has 0 atom stereocenters. The molecule has 0 fully saturated rings. The monoisotopic (exact) mass is 241 g/mol. The zero-order valence-electron chi connectivity index (χ0n) is 12.4. The van der Waals surface area contributed by atoms with Crippen LogP contribution in [0, 0.1) is 5.41 Å². The quantitative estimate of drug-likeness (QED) is 0.709. The highest BCUT2D eigenvalue weighted by molar-refractivity contribution is 5.97. The van der Waals surface area contributed by atoms with Crippen molar-refractivity contribution in [3.05, 3.63) is 0 Å². The maximum Gasteiger partial charge on any atom is 0.230 e. The topological polar surface area (TPSA) is 37.4 Å². The van der Waals surface area contributed by atoms with E-state index in [9.17, 15) is 9.59 Å². The van der Waals surface area contributed by atoms with Crippen molar-refractivity contribution in [3.63, 3.8) is 0 Å². The van der Waals surface area contributed by atoms with Gasteiger partial charge >= 0.3 is 0 Å². The molecule has 0 heterocycles. The number of hydrogen-bond acceptors (Lipinski definition) is 2. The van der Waals surface area contributed by atoms with Crippen molar-refractivity contribution in [2.75, 3.05) is 6.54 Å². The second kappa shape index (κ2) is 5.65. The summed E-state index contributed by atoms with van der Waals surface area (Å²) in [5.41, 5.74) is -0.0300. The van der Waals surface area contributed by atoms with Crippen molar-refractivity contribution < 1.29 is 9.59 Å². The molecule has 0 aromatic rings. The van der Waals surface area contributed by atoms with Crippen LogP contribution >= 0.6 is 0 Å². The highest BCUT2D eigenvalue weighted by atomic mass is 16.2. The Morgan fingerprint density at radius 2 is 1.47 bits per heavy atom. The van der Waals surface area contributed by atoms with E-state index >= 15 is 0 Å². The number of nitrogens with zero attached hydrogens (tertiary/aromatic N) is 1. The second-order valence-electron chi connectivity index (χ2n) is 6.91. The Morgan fingerprint density at radius 3 is 1.76 bits per heavy atom. The standard InChI is InChI=1S/C14H27NO2/c1-11(16)10-12(17)15(14(5,6)7)9-8-13(2,3)4/h8-10H2,1-7H3. The fraction of sp³-hybridized carbons (Fsp3) is 0.857. The van der Waals surface area contributed by atoms with E-state index in [0.717, 1.165) is 6.42 Å². The minimum absolute atomic E-state index is 0.0153. The van der Waals surface area contributed by atoms with E-state index in [1.165, 1.54) is 6.92 Å². The first-order valence-corrected chi connectivity index (χ1v) is 6.23. The molecule has 0 aliphatic heterocycles. The molecule has 0 saturated carbocycles. The summed E-state index contributed by atoms with van der Waals surface area (Å²) in [6.07, 6.45) is 0.954. The molecule has 0 aromatic carbocycles. The predicted octanol–water partition coefficient (Wildman–Crippen LogP) is 3.03. The highest BCUT2D eigenvalue weighted by Gasteiger charge is 2.27. The molecule has 0 aromatic heterocycles. The fourth-order valence-electron chi connectivity index (χ4n) is 1.59. The van der Waals surface area contributed by atoms with Crippen molar-refractivity contribution in [1.29, 1.82) is 0 Å². The van der Waals surface area contributed by atoms with Crippen LogP contribution in [0.4, 0.5) is 0 Å². The Morgan fingerprint density at radius 1 is 1.00 bits per heavy atom. The van der Waals surface area contributed by atoms with Gasteiger partial charge in [-0.25, -0.2) is 0 Å². The molecule has 0 N–H and O–H groups in total. The van der Waals surface area contributed by atoms with E-state index in [0.29, 0.717) is 6.54 Å². The number of hydrogen-bond donors (Lipinski definition) is 0. The lowest BCUT2D eigenvalue weighted by atomic mass is 9.91. The predicted molar refractivity (Wildman–Crippen MR) is 70.8 cm³/mol. The van der Waals surface area contributed by atoms with Gasteiger partial charge in [0, 0.05) is 12.1 Å². The van der Waals surface area contributed by atoms with E-state index in [-0.39, 0.29) is 29.1 Å². The van der Waals surface area contributed by atoms with Crippen LogP contribution < -0.4 is 0 Å². The van der Waals surface area contributed by atoms with Crippen molar-refractivity contribution in [2.24, 2.45) is 5.41 Å². The number of carbonyl (C=O) groups excluding carboxylic acids is 2. The molecule has 0 rings (SSSR count). The first-order chi connectivity index (χ1) is 7.43. The van der Waals surface area contributed by atoms with Gasteiger partial charge in [0.25, 0.3) is 0 Å². The number of Topliss-reactive ketones (excluding diaryl/α,β-unsaturated/α-hetero) is 1. The Hall–Kier alpha value is -0.860. The van der Waals surface area contributed by atoms with E-state index in [4.69, 9.17) is 0 Å². The molecule has 1 amide bonds.